The second-order valence-electron chi connectivity index (χ2n) is 14.7. The minimum atomic E-state index is -1.75. The van der Waals surface area contributed by atoms with Gasteiger partial charge < -0.3 is 50.6 Å². The molecule has 2 amide bonds. The van der Waals surface area contributed by atoms with Crippen LogP contribution in [0.3, 0.4) is 0 Å². The molecule has 54 heavy (non-hydrogen) atoms. The molecule has 17 heteroatoms. The molecule has 2 saturated heterocycles. The Morgan fingerprint density at radius 3 is 2.09 bits per heavy atom. The SMILES string of the molecule is CCCCCCCCCCCCCCCNC(=O)C1=CCN(C)[C@@H]([C@H](O[C@@H]2O[C@H](CN)[C@@H](O)[C@H]2O)[C@H]2O[C@@H](n3ccc(=O)[nH]c3=O)[C@H](O)[C@@H]2O)C(=O)N1C. The molecule has 0 aliphatic carbocycles. The molecule has 3 aliphatic heterocycles. The van der Waals surface area contributed by atoms with E-state index in [1.807, 2.05) is 0 Å². The predicted octanol–water partition coefficient (Wildman–Crippen LogP) is -0.190. The van der Waals surface area contributed by atoms with Crippen molar-refractivity contribution in [2.75, 3.05) is 33.7 Å². The monoisotopic (exact) mass is 766 g/mol. The topological polar surface area (TPSA) is 242 Å². The zero-order valence-corrected chi connectivity index (χ0v) is 31.9. The largest absolute Gasteiger partial charge is 0.387 e. The van der Waals surface area contributed by atoms with Gasteiger partial charge in [-0.15, -0.1) is 0 Å². The zero-order valence-electron chi connectivity index (χ0n) is 31.9. The Bertz CT molecular complexity index is 1490. The number of carbonyl (C=O) groups excluding carboxylic acids is 2. The van der Waals surface area contributed by atoms with Gasteiger partial charge in [-0.3, -0.25) is 28.8 Å². The van der Waals surface area contributed by atoms with Crippen LogP contribution in [0, 0.1) is 0 Å². The Morgan fingerprint density at radius 1 is 0.907 bits per heavy atom. The number of aromatic amines is 1. The van der Waals surface area contributed by atoms with Crippen molar-refractivity contribution < 1.29 is 44.2 Å². The number of unbranched alkanes of at least 4 members (excludes halogenated alkanes) is 12. The van der Waals surface area contributed by atoms with E-state index in [2.05, 4.69) is 17.2 Å². The number of aliphatic hydroxyl groups is 4. The summed E-state index contributed by atoms with van der Waals surface area (Å²) in [5.41, 5.74) is 4.20. The third-order valence-corrected chi connectivity index (χ3v) is 10.7. The average Bonchev–Trinajstić information content (AvgIpc) is 3.55. The summed E-state index contributed by atoms with van der Waals surface area (Å²) in [5, 5.41) is 46.5. The van der Waals surface area contributed by atoms with Crippen molar-refractivity contribution >= 4 is 11.8 Å². The van der Waals surface area contributed by atoms with Gasteiger partial charge in [0, 0.05) is 38.9 Å². The first-order chi connectivity index (χ1) is 25.9. The van der Waals surface area contributed by atoms with Gasteiger partial charge in [0.05, 0.1) is 0 Å². The maximum atomic E-state index is 14.3. The molecule has 1 aromatic rings. The average molecular weight is 767 g/mol. The van der Waals surface area contributed by atoms with Crippen LogP contribution < -0.4 is 22.3 Å². The summed E-state index contributed by atoms with van der Waals surface area (Å²) in [6.07, 6.45) is 4.80. The number of nitrogens with one attached hydrogen (secondary N) is 2. The van der Waals surface area contributed by atoms with E-state index < -0.39 is 84.4 Å². The Kier molecular flexibility index (Phi) is 17.3. The van der Waals surface area contributed by atoms with Gasteiger partial charge in [-0.25, -0.2) is 4.79 Å². The molecule has 0 unspecified atom stereocenters. The molecule has 17 nitrogen and oxygen atoms in total. The molecular formula is C37H62N6O11. The molecule has 306 valence electrons. The molecule has 3 aliphatic rings. The van der Waals surface area contributed by atoms with Crippen LogP contribution in [0.5, 0.6) is 0 Å². The van der Waals surface area contributed by atoms with E-state index >= 15 is 0 Å². The van der Waals surface area contributed by atoms with Gasteiger partial charge in [-0.05, 0) is 19.5 Å². The molecule has 0 bridgehead atoms. The van der Waals surface area contributed by atoms with Crippen LogP contribution in [0.1, 0.15) is 96.6 Å². The van der Waals surface area contributed by atoms with Crippen LogP contribution in [0.2, 0.25) is 0 Å². The Labute approximate surface area is 316 Å². The van der Waals surface area contributed by atoms with Gasteiger partial charge in [-0.1, -0.05) is 84.0 Å². The van der Waals surface area contributed by atoms with Crippen LogP contribution in [-0.2, 0) is 23.8 Å². The number of nitrogens with zero attached hydrogens (tertiary/aromatic N) is 3. The molecule has 0 spiro atoms. The highest BCUT2D eigenvalue weighted by molar-refractivity contribution is 5.99. The molecule has 8 N–H and O–H groups in total. The normalized spacial score (nSPS) is 29.7. The number of ether oxygens (including phenoxy) is 3. The van der Waals surface area contributed by atoms with Crippen LogP contribution in [0.15, 0.2) is 33.6 Å². The van der Waals surface area contributed by atoms with Crippen LogP contribution in [0.4, 0.5) is 0 Å². The maximum absolute atomic E-state index is 14.3. The number of carbonyl (C=O) groups is 2. The summed E-state index contributed by atoms with van der Waals surface area (Å²) in [4.78, 5) is 56.7. The first-order valence-electron chi connectivity index (χ1n) is 19.6. The van der Waals surface area contributed by atoms with Crippen molar-refractivity contribution in [1.82, 2.24) is 24.7 Å². The molecule has 1 aromatic heterocycles. The number of likely N-dealkylation sites (N-methyl/N-ethyl adjacent to an activating group) is 2. The number of hydrogen-bond donors (Lipinski definition) is 7. The number of hydrogen-bond acceptors (Lipinski definition) is 13. The van der Waals surface area contributed by atoms with E-state index in [9.17, 15) is 39.6 Å². The van der Waals surface area contributed by atoms with E-state index in [1.165, 1.54) is 69.7 Å². The first kappa shape index (κ1) is 43.7. The van der Waals surface area contributed by atoms with Gasteiger partial charge in [0.25, 0.3) is 11.5 Å². The number of nitrogens with two attached hydrogens (primary N) is 1. The third-order valence-electron chi connectivity index (χ3n) is 10.7. The van der Waals surface area contributed by atoms with Crippen molar-refractivity contribution in [2.24, 2.45) is 5.73 Å². The van der Waals surface area contributed by atoms with Crippen LogP contribution in [0.25, 0.3) is 0 Å². The molecule has 0 radical (unpaired) electrons. The minimum absolute atomic E-state index is 0.0679. The molecule has 2 fully saturated rings. The highest BCUT2D eigenvalue weighted by atomic mass is 16.7. The van der Waals surface area contributed by atoms with Gasteiger partial charge >= 0.3 is 5.69 Å². The zero-order chi connectivity index (χ0) is 39.4. The number of aliphatic hydroxyl groups excluding tert-OH is 4. The van der Waals surface area contributed by atoms with Gasteiger partial charge in [-0.2, -0.15) is 0 Å². The Balaban J connectivity index is 1.38. The number of H-pyrrole nitrogens is 1. The van der Waals surface area contributed by atoms with Crippen LogP contribution >= 0.6 is 0 Å². The highest BCUT2D eigenvalue weighted by Crippen LogP contribution is 2.36. The fraction of sp³-hybridized carbons (Fsp3) is 0.784. The fourth-order valence-electron chi connectivity index (χ4n) is 7.38. The maximum Gasteiger partial charge on any atom is 0.330 e. The fourth-order valence-corrected chi connectivity index (χ4v) is 7.38. The number of amides is 2. The molecule has 4 heterocycles. The lowest BCUT2D eigenvalue weighted by molar-refractivity contribution is -0.232. The lowest BCUT2D eigenvalue weighted by Crippen LogP contribution is -2.59. The van der Waals surface area contributed by atoms with Gasteiger partial charge in [0.15, 0.2) is 12.5 Å². The smallest absolute Gasteiger partial charge is 0.330 e. The summed E-state index contributed by atoms with van der Waals surface area (Å²) in [7, 11) is 3.02. The van der Waals surface area contributed by atoms with E-state index in [4.69, 9.17) is 19.9 Å². The summed E-state index contributed by atoms with van der Waals surface area (Å²) in [6.45, 7) is 2.58. The lowest BCUT2D eigenvalue weighted by Gasteiger charge is -2.38. The predicted molar refractivity (Wildman–Crippen MR) is 198 cm³/mol. The van der Waals surface area contributed by atoms with Gasteiger partial charge in [0.1, 0.15) is 54.5 Å². The molecule has 4 rings (SSSR count). The summed E-state index contributed by atoms with van der Waals surface area (Å²) >= 11 is 0. The van der Waals surface area contributed by atoms with Crippen molar-refractivity contribution in [3.05, 3.63) is 44.9 Å². The second-order valence-corrected chi connectivity index (χ2v) is 14.7. The molecule has 0 saturated carbocycles. The highest BCUT2D eigenvalue weighted by Gasteiger charge is 2.55. The first-order valence-corrected chi connectivity index (χ1v) is 19.6. The van der Waals surface area contributed by atoms with Crippen molar-refractivity contribution in [3.8, 4) is 0 Å². The molecule has 0 aromatic carbocycles. The number of aromatic nitrogens is 2. The Morgan fingerprint density at radius 2 is 1.52 bits per heavy atom. The molecular weight excluding hydrogens is 704 g/mol. The van der Waals surface area contributed by atoms with E-state index in [-0.39, 0.29) is 18.8 Å². The van der Waals surface area contributed by atoms with Gasteiger partial charge in [0.2, 0.25) is 5.91 Å². The minimum Gasteiger partial charge on any atom is -0.387 e. The standard InChI is InChI=1S/C37H62N6O11/c1-4-5-6-7-8-9-10-11-12-13-14-15-16-19-39-33(49)23-17-20-41(2)26(34(50)42(23)3)31(54-36-30(48)27(45)24(22-38)52-36)32-28(46)29(47)35(53-32)43-21-18-25(44)40-37(43)51/h17-18,21,24,26-32,35-36,45-48H,4-16,19-20,22,38H2,1-3H3,(H,39,49)(H,40,44,51)/t24-,26+,27-,28+,29-,30-,31+,32+,35-,36+/m1/s1. The van der Waals surface area contributed by atoms with E-state index in [1.54, 1.807) is 18.0 Å². The van der Waals surface area contributed by atoms with E-state index in [0.717, 1.165) is 42.5 Å². The summed E-state index contributed by atoms with van der Waals surface area (Å²) in [5.74, 6) is -1.08. The quantitative estimate of drug-likeness (QED) is 0.0804. The Hall–Kier alpha value is -3.00. The summed E-state index contributed by atoms with van der Waals surface area (Å²) < 4.78 is 18.7. The van der Waals surface area contributed by atoms with E-state index in [0.29, 0.717) is 6.54 Å². The molecule has 10 atom stereocenters. The number of rotatable bonds is 21. The second kappa shape index (κ2) is 21.3. The van der Waals surface area contributed by atoms with Crippen molar-refractivity contribution in [1.29, 1.82) is 0 Å². The van der Waals surface area contributed by atoms with Crippen molar-refractivity contribution in [2.45, 2.75) is 152 Å². The lowest BCUT2D eigenvalue weighted by atomic mass is 9.97. The van der Waals surface area contributed by atoms with Crippen molar-refractivity contribution in [3.63, 3.8) is 0 Å². The third kappa shape index (κ3) is 11.1. The summed E-state index contributed by atoms with van der Waals surface area (Å²) in [6, 6.07) is -0.267. The van der Waals surface area contributed by atoms with Crippen LogP contribution in [-0.4, -0.2) is 140 Å².